The number of nitrogens with one attached hydrogen (secondary N) is 1. The molecule has 0 spiro atoms. The fraction of sp³-hybridized carbons (Fsp3) is 0.424. The molecule has 3 aromatic carbocycles. The van der Waals surface area contributed by atoms with Crippen LogP contribution in [0.1, 0.15) is 47.1 Å². The summed E-state index contributed by atoms with van der Waals surface area (Å²) in [6, 6.07) is 20.7. The maximum Gasteiger partial charge on any atom is 0.336 e. The minimum Gasteiger partial charge on any atom is -0.464 e. The molecular weight excluding hydrogens is 520 g/mol. The van der Waals surface area contributed by atoms with E-state index < -0.39 is 35.7 Å². The second-order valence-electron chi connectivity index (χ2n) is 11.5. The van der Waals surface area contributed by atoms with Crippen LogP contribution in [0.4, 0.5) is 4.79 Å². The summed E-state index contributed by atoms with van der Waals surface area (Å²) in [4.78, 5) is 39.9. The molecule has 0 bridgehead atoms. The van der Waals surface area contributed by atoms with Gasteiger partial charge in [-0.05, 0) is 61.1 Å². The Morgan fingerprint density at radius 3 is 2.20 bits per heavy atom. The number of esters is 2. The third-order valence-electron chi connectivity index (χ3n) is 6.31. The Bertz CT molecular complexity index is 1320. The van der Waals surface area contributed by atoms with E-state index in [4.69, 9.17) is 9.47 Å². The molecule has 2 amide bonds. The Morgan fingerprint density at radius 1 is 0.902 bits per heavy atom. The average Bonchev–Trinajstić information content (AvgIpc) is 2.91. The second kappa shape index (κ2) is 14.1. The summed E-state index contributed by atoms with van der Waals surface area (Å²) < 4.78 is 10.5. The number of hydrogen-bond donors (Lipinski definition) is 2. The minimum atomic E-state index is -1.50. The van der Waals surface area contributed by atoms with E-state index in [-0.39, 0.29) is 32.0 Å². The Morgan fingerprint density at radius 2 is 1.56 bits per heavy atom. The fourth-order valence-electron chi connectivity index (χ4n) is 4.54. The highest BCUT2D eigenvalue weighted by atomic mass is 16.6. The van der Waals surface area contributed by atoms with Crippen LogP contribution in [0.3, 0.4) is 0 Å². The van der Waals surface area contributed by atoms with E-state index >= 15 is 0 Å². The molecule has 8 heteroatoms. The van der Waals surface area contributed by atoms with E-state index in [1.54, 1.807) is 27.7 Å². The van der Waals surface area contributed by atoms with Crippen molar-refractivity contribution in [2.75, 3.05) is 19.7 Å². The quantitative estimate of drug-likeness (QED) is 0.305. The van der Waals surface area contributed by atoms with E-state index in [2.05, 4.69) is 29.6 Å². The molecule has 8 nitrogen and oxygen atoms in total. The van der Waals surface area contributed by atoms with E-state index in [9.17, 15) is 19.5 Å². The first kappa shape index (κ1) is 31.6. The summed E-state index contributed by atoms with van der Waals surface area (Å²) in [5, 5.41) is 15.4. The number of aliphatic hydroxyl groups excluding tert-OH is 1. The molecule has 0 saturated carbocycles. The molecule has 3 rings (SSSR count). The zero-order valence-corrected chi connectivity index (χ0v) is 24.8. The Hall–Kier alpha value is -3.91. The summed E-state index contributed by atoms with van der Waals surface area (Å²) in [6.07, 6.45) is -1.30. The van der Waals surface area contributed by atoms with Gasteiger partial charge >= 0.3 is 18.0 Å². The fourth-order valence-corrected chi connectivity index (χ4v) is 4.54. The van der Waals surface area contributed by atoms with E-state index in [0.29, 0.717) is 0 Å². The summed E-state index contributed by atoms with van der Waals surface area (Å²) in [5.41, 5.74) is 2.23. The zero-order valence-electron chi connectivity index (χ0n) is 24.8. The van der Waals surface area contributed by atoms with Crippen molar-refractivity contribution in [1.82, 2.24) is 10.2 Å². The van der Waals surface area contributed by atoms with Crippen LogP contribution in [-0.4, -0.2) is 65.4 Å². The third kappa shape index (κ3) is 9.32. The first-order valence-corrected chi connectivity index (χ1v) is 14.1. The Kier molecular flexibility index (Phi) is 10.9. The minimum absolute atomic E-state index is 0.0525. The van der Waals surface area contributed by atoms with Gasteiger partial charge in [0.2, 0.25) is 0 Å². The van der Waals surface area contributed by atoms with Gasteiger partial charge in [0.1, 0.15) is 11.6 Å². The number of amides is 2. The molecule has 41 heavy (non-hydrogen) atoms. The van der Waals surface area contributed by atoms with Gasteiger partial charge in [-0.3, -0.25) is 0 Å². The van der Waals surface area contributed by atoms with Crippen molar-refractivity contribution < 1.29 is 29.0 Å². The molecule has 2 atom stereocenters. The molecule has 0 aliphatic rings. The molecule has 0 heterocycles. The first-order chi connectivity index (χ1) is 19.4. The van der Waals surface area contributed by atoms with Crippen LogP contribution in [0, 0.1) is 5.92 Å². The Labute approximate surface area is 242 Å². The molecule has 0 fully saturated rings. The number of ether oxygens (including phenoxy) is 2. The van der Waals surface area contributed by atoms with Crippen molar-refractivity contribution in [2.45, 2.75) is 65.7 Å². The van der Waals surface area contributed by atoms with Gasteiger partial charge in [0.25, 0.3) is 0 Å². The lowest BCUT2D eigenvalue weighted by Crippen LogP contribution is -2.53. The maximum absolute atomic E-state index is 13.4. The van der Waals surface area contributed by atoms with Crippen molar-refractivity contribution >= 4 is 28.7 Å². The van der Waals surface area contributed by atoms with Gasteiger partial charge in [-0.2, -0.15) is 0 Å². The average molecular weight is 563 g/mol. The molecular formula is C33H42N2O6. The molecule has 0 aromatic heterocycles. The maximum atomic E-state index is 13.4. The van der Waals surface area contributed by atoms with Crippen LogP contribution < -0.4 is 5.32 Å². The zero-order chi connectivity index (χ0) is 30.2. The largest absolute Gasteiger partial charge is 0.464 e. The molecule has 2 N–H and O–H groups in total. The number of carbonyl (C=O) groups excluding carboxylic acids is 3. The van der Waals surface area contributed by atoms with Gasteiger partial charge in [-0.1, -0.05) is 80.6 Å². The Balaban J connectivity index is 1.83. The summed E-state index contributed by atoms with van der Waals surface area (Å²) in [7, 11) is 0. The second-order valence-corrected chi connectivity index (χ2v) is 11.5. The summed E-state index contributed by atoms with van der Waals surface area (Å²) >= 11 is 0. The van der Waals surface area contributed by atoms with Crippen LogP contribution >= 0.6 is 0 Å². The molecule has 0 radical (unpaired) electrons. The lowest BCUT2D eigenvalue weighted by atomic mass is 9.96. The lowest BCUT2D eigenvalue weighted by molar-refractivity contribution is -0.157. The normalized spacial score (nSPS) is 13.0. The van der Waals surface area contributed by atoms with Crippen LogP contribution in [0.2, 0.25) is 0 Å². The number of benzene rings is 3. The predicted octanol–water partition coefficient (Wildman–Crippen LogP) is 5.35. The SMILES string of the molecule is CCOC(=O)C(O)CN(CC(C)C)C(=O)N[C@@H](Cc1ccc(-c2cccc3ccccc23)cc1)C(=O)OC(C)(C)C. The number of rotatable bonds is 11. The van der Waals surface area contributed by atoms with E-state index in [1.165, 1.54) is 4.90 Å². The topological polar surface area (TPSA) is 105 Å². The molecule has 3 aromatic rings. The number of carbonyl (C=O) groups is 3. The highest BCUT2D eigenvalue weighted by molar-refractivity contribution is 5.96. The highest BCUT2D eigenvalue weighted by Crippen LogP contribution is 2.29. The standard InChI is InChI=1S/C33H42N2O6/c1-7-40-31(38)29(36)21-35(20-22(2)3)32(39)34-28(30(37)41-33(4,5)6)19-23-15-17-25(18-16-23)27-14-10-12-24-11-8-9-13-26(24)27/h8-18,22,28-29,36H,7,19-21H2,1-6H3,(H,34,39)/t28-,29?/m0/s1. The van der Waals surface area contributed by atoms with Crippen LogP contribution in [-0.2, 0) is 25.5 Å². The molecule has 0 aliphatic carbocycles. The number of nitrogens with zero attached hydrogens (tertiary/aromatic N) is 1. The molecule has 220 valence electrons. The number of aliphatic hydroxyl groups is 1. The van der Waals surface area contributed by atoms with Crippen molar-refractivity contribution in [1.29, 1.82) is 0 Å². The van der Waals surface area contributed by atoms with Crippen molar-refractivity contribution in [2.24, 2.45) is 5.92 Å². The molecule has 1 unspecified atom stereocenters. The van der Waals surface area contributed by atoms with Gasteiger partial charge in [-0.25, -0.2) is 14.4 Å². The van der Waals surface area contributed by atoms with Crippen LogP contribution in [0.5, 0.6) is 0 Å². The van der Waals surface area contributed by atoms with E-state index in [0.717, 1.165) is 27.5 Å². The molecule has 0 aliphatic heterocycles. The first-order valence-electron chi connectivity index (χ1n) is 14.1. The monoisotopic (exact) mass is 562 g/mol. The van der Waals surface area contributed by atoms with Gasteiger partial charge < -0.3 is 24.8 Å². The van der Waals surface area contributed by atoms with Gasteiger partial charge in [-0.15, -0.1) is 0 Å². The number of fused-ring (bicyclic) bond motifs is 1. The number of urea groups is 1. The molecule has 0 saturated heterocycles. The summed E-state index contributed by atoms with van der Waals surface area (Å²) in [6.45, 7) is 10.9. The van der Waals surface area contributed by atoms with Crippen molar-refractivity contribution in [3.8, 4) is 11.1 Å². The van der Waals surface area contributed by atoms with Gasteiger partial charge in [0, 0.05) is 13.0 Å². The predicted molar refractivity (Wildman–Crippen MR) is 160 cm³/mol. The van der Waals surface area contributed by atoms with Crippen LogP contribution in [0.25, 0.3) is 21.9 Å². The van der Waals surface area contributed by atoms with Gasteiger partial charge in [0.05, 0.1) is 13.2 Å². The van der Waals surface area contributed by atoms with Crippen molar-refractivity contribution in [3.63, 3.8) is 0 Å². The lowest BCUT2D eigenvalue weighted by Gasteiger charge is -2.30. The third-order valence-corrected chi connectivity index (χ3v) is 6.31. The smallest absolute Gasteiger partial charge is 0.336 e. The highest BCUT2D eigenvalue weighted by Gasteiger charge is 2.30. The number of hydrogen-bond acceptors (Lipinski definition) is 6. The van der Waals surface area contributed by atoms with Crippen LogP contribution in [0.15, 0.2) is 66.7 Å². The summed E-state index contributed by atoms with van der Waals surface area (Å²) in [5.74, 6) is -1.32. The van der Waals surface area contributed by atoms with Crippen molar-refractivity contribution in [3.05, 3.63) is 72.3 Å². The van der Waals surface area contributed by atoms with E-state index in [1.807, 2.05) is 56.3 Å². The van der Waals surface area contributed by atoms with Gasteiger partial charge in [0.15, 0.2) is 6.10 Å².